The third-order valence-corrected chi connectivity index (χ3v) is 4.61. The SMILES string of the molecule is CCN(CC)C(C)(CC)C(N)CCC(C)(C)OC. The average Bonchev–Trinajstić information content (AvgIpc) is 2.37. The van der Waals surface area contributed by atoms with Crippen LogP contribution < -0.4 is 5.73 Å². The van der Waals surface area contributed by atoms with E-state index >= 15 is 0 Å². The second-order valence-electron chi connectivity index (χ2n) is 5.99. The fourth-order valence-corrected chi connectivity index (χ4v) is 2.58. The lowest BCUT2D eigenvalue weighted by Gasteiger charge is -2.45. The van der Waals surface area contributed by atoms with Gasteiger partial charge in [-0.2, -0.15) is 0 Å². The first-order valence-corrected chi connectivity index (χ1v) is 7.33. The molecule has 0 spiro atoms. The largest absolute Gasteiger partial charge is 0.379 e. The highest BCUT2D eigenvalue weighted by Gasteiger charge is 2.35. The molecule has 0 aromatic rings. The van der Waals surface area contributed by atoms with Crippen LogP contribution in [0.3, 0.4) is 0 Å². The Labute approximate surface area is 114 Å². The first kappa shape index (κ1) is 17.9. The van der Waals surface area contributed by atoms with Crippen LogP contribution >= 0.6 is 0 Å². The lowest BCUT2D eigenvalue weighted by atomic mass is 9.83. The van der Waals surface area contributed by atoms with Gasteiger partial charge in [-0.3, -0.25) is 4.90 Å². The molecule has 110 valence electrons. The zero-order chi connectivity index (χ0) is 14.4. The summed E-state index contributed by atoms with van der Waals surface area (Å²) in [4.78, 5) is 2.48. The highest BCUT2D eigenvalue weighted by atomic mass is 16.5. The summed E-state index contributed by atoms with van der Waals surface area (Å²) >= 11 is 0. The molecule has 0 aliphatic carbocycles. The normalized spacial score (nSPS) is 17.8. The maximum absolute atomic E-state index is 6.48. The predicted molar refractivity (Wildman–Crippen MR) is 79.9 cm³/mol. The summed E-state index contributed by atoms with van der Waals surface area (Å²) in [7, 11) is 1.77. The van der Waals surface area contributed by atoms with Crippen LogP contribution in [0.5, 0.6) is 0 Å². The van der Waals surface area contributed by atoms with Crippen LogP contribution in [0, 0.1) is 0 Å². The topological polar surface area (TPSA) is 38.5 Å². The maximum atomic E-state index is 6.48. The maximum Gasteiger partial charge on any atom is 0.0623 e. The van der Waals surface area contributed by atoms with Gasteiger partial charge >= 0.3 is 0 Å². The van der Waals surface area contributed by atoms with E-state index < -0.39 is 0 Å². The summed E-state index contributed by atoms with van der Waals surface area (Å²) in [6, 6.07) is 0.192. The molecule has 0 rings (SSSR count). The standard InChI is InChI=1S/C15H34N2O/c1-8-15(6,17(9-2)10-3)13(16)11-12-14(4,5)18-7/h13H,8-12,16H2,1-7H3. The molecule has 0 radical (unpaired) electrons. The number of nitrogens with two attached hydrogens (primary N) is 1. The minimum atomic E-state index is -0.0739. The number of nitrogens with zero attached hydrogens (tertiary/aromatic N) is 1. The first-order valence-electron chi connectivity index (χ1n) is 7.33. The van der Waals surface area contributed by atoms with Gasteiger partial charge < -0.3 is 10.5 Å². The van der Waals surface area contributed by atoms with E-state index in [2.05, 4.69) is 46.4 Å². The van der Waals surface area contributed by atoms with Gasteiger partial charge in [0.1, 0.15) is 0 Å². The number of likely N-dealkylation sites (N-methyl/N-ethyl adjacent to an activating group) is 1. The van der Waals surface area contributed by atoms with Crippen molar-refractivity contribution in [3.05, 3.63) is 0 Å². The van der Waals surface area contributed by atoms with Gasteiger partial charge in [-0.25, -0.2) is 0 Å². The molecular formula is C15H34N2O. The van der Waals surface area contributed by atoms with Crippen molar-refractivity contribution in [3.63, 3.8) is 0 Å². The smallest absolute Gasteiger partial charge is 0.0623 e. The van der Waals surface area contributed by atoms with Gasteiger partial charge in [0, 0.05) is 18.7 Å². The van der Waals surface area contributed by atoms with Gasteiger partial charge in [-0.1, -0.05) is 20.8 Å². The summed E-state index contributed by atoms with van der Waals surface area (Å²) in [6.07, 6.45) is 3.09. The van der Waals surface area contributed by atoms with Crippen LogP contribution in [0.4, 0.5) is 0 Å². The van der Waals surface area contributed by atoms with Crippen molar-refractivity contribution >= 4 is 0 Å². The van der Waals surface area contributed by atoms with Crippen molar-refractivity contribution in [1.29, 1.82) is 0 Å². The second kappa shape index (κ2) is 7.46. The van der Waals surface area contributed by atoms with E-state index in [4.69, 9.17) is 10.5 Å². The van der Waals surface area contributed by atoms with Gasteiger partial charge in [-0.15, -0.1) is 0 Å². The molecule has 2 atom stereocenters. The fraction of sp³-hybridized carbons (Fsp3) is 1.00. The van der Waals surface area contributed by atoms with Gasteiger partial charge in [0.2, 0.25) is 0 Å². The Morgan fingerprint density at radius 1 is 1.11 bits per heavy atom. The molecule has 0 bridgehead atoms. The van der Waals surface area contributed by atoms with Gasteiger partial charge in [0.25, 0.3) is 0 Å². The zero-order valence-corrected chi connectivity index (χ0v) is 13.5. The van der Waals surface area contributed by atoms with Gasteiger partial charge in [0.15, 0.2) is 0 Å². The van der Waals surface area contributed by atoms with Gasteiger partial charge in [-0.05, 0) is 53.1 Å². The molecule has 0 fully saturated rings. The van der Waals surface area contributed by atoms with Crippen LogP contribution in [-0.2, 0) is 4.74 Å². The van der Waals surface area contributed by atoms with Crippen molar-refractivity contribution in [1.82, 2.24) is 4.90 Å². The van der Waals surface area contributed by atoms with Crippen LogP contribution in [0.25, 0.3) is 0 Å². The number of hydrogen-bond donors (Lipinski definition) is 1. The van der Waals surface area contributed by atoms with E-state index in [1.54, 1.807) is 7.11 Å². The van der Waals surface area contributed by atoms with Crippen molar-refractivity contribution in [2.24, 2.45) is 5.73 Å². The molecule has 0 saturated heterocycles. The molecule has 0 heterocycles. The molecule has 18 heavy (non-hydrogen) atoms. The summed E-state index contributed by atoms with van der Waals surface area (Å²) in [6.45, 7) is 15.3. The Morgan fingerprint density at radius 3 is 1.94 bits per heavy atom. The third kappa shape index (κ3) is 4.52. The minimum absolute atomic E-state index is 0.0739. The van der Waals surface area contributed by atoms with E-state index in [0.29, 0.717) is 0 Å². The van der Waals surface area contributed by atoms with E-state index in [9.17, 15) is 0 Å². The lowest BCUT2D eigenvalue weighted by molar-refractivity contribution is 0.00437. The van der Waals surface area contributed by atoms with Crippen LogP contribution in [-0.4, -0.2) is 42.3 Å². The number of ether oxygens (including phenoxy) is 1. The molecule has 0 amide bonds. The molecule has 0 saturated carbocycles. The summed E-state index contributed by atoms with van der Waals surface area (Å²) in [5.41, 5.74) is 6.50. The highest BCUT2D eigenvalue weighted by Crippen LogP contribution is 2.27. The van der Waals surface area contributed by atoms with E-state index in [-0.39, 0.29) is 17.2 Å². The van der Waals surface area contributed by atoms with E-state index in [0.717, 1.165) is 32.4 Å². The van der Waals surface area contributed by atoms with Crippen molar-refractivity contribution < 1.29 is 4.74 Å². The number of hydrogen-bond acceptors (Lipinski definition) is 3. The fourth-order valence-electron chi connectivity index (χ4n) is 2.58. The van der Waals surface area contributed by atoms with E-state index in [1.165, 1.54) is 0 Å². The van der Waals surface area contributed by atoms with Crippen LogP contribution in [0.1, 0.15) is 60.8 Å². The molecule has 2 N–H and O–H groups in total. The third-order valence-electron chi connectivity index (χ3n) is 4.61. The van der Waals surface area contributed by atoms with Crippen LogP contribution in [0.15, 0.2) is 0 Å². The molecule has 0 aromatic carbocycles. The molecule has 0 aliphatic heterocycles. The zero-order valence-electron chi connectivity index (χ0n) is 13.5. The Bertz CT molecular complexity index is 227. The van der Waals surface area contributed by atoms with E-state index in [1.807, 2.05) is 0 Å². The molecular weight excluding hydrogens is 224 g/mol. The summed E-state index contributed by atoms with van der Waals surface area (Å²) < 4.78 is 5.48. The summed E-state index contributed by atoms with van der Waals surface area (Å²) in [5, 5.41) is 0. The summed E-state index contributed by atoms with van der Waals surface area (Å²) in [5.74, 6) is 0. The molecule has 3 nitrogen and oxygen atoms in total. The minimum Gasteiger partial charge on any atom is -0.379 e. The molecule has 3 heteroatoms. The Hall–Kier alpha value is -0.120. The Kier molecular flexibility index (Phi) is 7.41. The Morgan fingerprint density at radius 2 is 1.61 bits per heavy atom. The highest BCUT2D eigenvalue weighted by molar-refractivity contribution is 4.94. The van der Waals surface area contributed by atoms with Gasteiger partial charge in [0.05, 0.1) is 5.60 Å². The second-order valence-corrected chi connectivity index (χ2v) is 5.99. The van der Waals surface area contributed by atoms with Crippen LogP contribution in [0.2, 0.25) is 0 Å². The van der Waals surface area contributed by atoms with Crippen molar-refractivity contribution in [3.8, 4) is 0 Å². The molecule has 0 aromatic heterocycles. The molecule has 0 aliphatic rings. The first-order chi connectivity index (χ1) is 8.27. The van der Waals surface area contributed by atoms with Crippen molar-refractivity contribution in [2.75, 3.05) is 20.2 Å². The van der Waals surface area contributed by atoms with Crippen molar-refractivity contribution in [2.45, 2.75) is 78.0 Å². The quantitative estimate of drug-likeness (QED) is 0.691. The number of rotatable bonds is 9. The number of methoxy groups -OCH3 is 1. The predicted octanol–water partition coefficient (Wildman–Crippen LogP) is 3.03. The average molecular weight is 258 g/mol. The monoisotopic (exact) mass is 258 g/mol. The Balaban J connectivity index is 4.65. The lowest BCUT2D eigenvalue weighted by Crippen LogP contribution is -2.58. The molecule has 2 unspecified atom stereocenters.